The first-order chi connectivity index (χ1) is 14.1. The van der Waals surface area contributed by atoms with Crippen molar-refractivity contribution in [3.05, 3.63) is 86.5 Å². The van der Waals surface area contributed by atoms with Gasteiger partial charge in [-0.3, -0.25) is 19.8 Å². The fraction of sp³-hybridized carbons (Fsp3) is 0.318. The molecule has 2 bridgehead atoms. The minimum atomic E-state index is -0.406. The molecule has 0 radical (unpaired) electrons. The molecule has 0 saturated carbocycles. The zero-order valence-electron chi connectivity index (χ0n) is 15.9. The van der Waals surface area contributed by atoms with E-state index >= 15 is 0 Å². The van der Waals surface area contributed by atoms with Crippen molar-refractivity contribution in [3.8, 4) is 11.3 Å². The molecule has 2 atom stereocenters. The van der Waals surface area contributed by atoms with Crippen LogP contribution in [0.15, 0.2) is 63.8 Å². The van der Waals surface area contributed by atoms with Gasteiger partial charge in [0.25, 0.3) is 11.2 Å². The van der Waals surface area contributed by atoms with E-state index in [1.807, 2.05) is 22.8 Å². The predicted octanol–water partition coefficient (Wildman–Crippen LogP) is 3.64. The van der Waals surface area contributed by atoms with E-state index in [4.69, 9.17) is 4.42 Å². The summed E-state index contributed by atoms with van der Waals surface area (Å²) in [7, 11) is 0. The summed E-state index contributed by atoms with van der Waals surface area (Å²) in [6.07, 6.45) is 1.13. The number of nitro groups is 1. The summed E-state index contributed by atoms with van der Waals surface area (Å²) in [4.78, 5) is 25.0. The third-order valence-corrected chi connectivity index (χ3v) is 5.96. The second kappa shape index (κ2) is 7.00. The number of benzene rings is 1. The van der Waals surface area contributed by atoms with E-state index in [0.29, 0.717) is 17.6 Å². The van der Waals surface area contributed by atoms with Crippen LogP contribution in [-0.4, -0.2) is 27.5 Å². The van der Waals surface area contributed by atoms with Crippen LogP contribution in [0.2, 0.25) is 0 Å². The molecule has 3 aromatic rings. The lowest BCUT2D eigenvalue weighted by Gasteiger charge is -2.42. The maximum Gasteiger partial charge on any atom is 0.269 e. The van der Waals surface area contributed by atoms with Gasteiger partial charge < -0.3 is 8.98 Å². The first kappa shape index (κ1) is 17.9. The summed E-state index contributed by atoms with van der Waals surface area (Å²) in [5.74, 6) is 2.44. The first-order valence-electron chi connectivity index (χ1n) is 9.82. The van der Waals surface area contributed by atoms with Gasteiger partial charge in [0, 0.05) is 55.0 Å². The summed E-state index contributed by atoms with van der Waals surface area (Å²) >= 11 is 0. The van der Waals surface area contributed by atoms with Crippen LogP contribution >= 0.6 is 0 Å². The first-order valence-corrected chi connectivity index (χ1v) is 9.82. The maximum atomic E-state index is 12.2. The summed E-state index contributed by atoms with van der Waals surface area (Å²) in [6.45, 7) is 3.36. The van der Waals surface area contributed by atoms with Crippen molar-refractivity contribution in [3.63, 3.8) is 0 Å². The second-order valence-electron chi connectivity index (χ2n) is 7.96. The Labute approximate surface area is 167 Å². The lowest BCUT2D eigenvalue weighted by Crippen LogP contribution is -2.46. The molecule has 1 fully saturated rings. The summed E-state index contributed by atoms with van der Waals surface area (Å²) < 4.78 is 7.96. The number of pyridine rings is 1. The van der Waals surface area contributed by atoms with E-state index in [9.17, 15) is 14.9 Å². The quantitative estimate of drug-likeness (QED) is 0.501. The minimum absolute atomic E-state index is 0.0692. The molecule has 1 saturated heterocycles. The topological polar surface area (TPSA) is 81.5 Å². The van der Waals surface area contributed by atoms with Crippen LogP contribution in [0.1, 0.15) is 23.8 Å². The average Bonchev–Trinajstić information content (AvgIpc) is 3.17. The molecule has 1 aromatic carbocycles. The highest BCUT2D eigenvalue weighted by molar-refractivity contribution is 5.59. The fourth-order valence-electron chi connectivity index (χ4n) is 4.71. The molecule has 0 aliphatic carbocycles. The van der Waals surface area contributed by atoms with Crippen LogP contribution in [0.3, 0.4) is 0 Å². The van der Waals surface area contributed by atoms with E-state index < -0.39 is 4.92 Å². The van der Waals surface area contributed by atoms with E-state index in [0.717, 1.165) is 49.6 Å². The largest absolute Gasteiger partial charge is 0.460 e. The molecular formula is C22H21N3O4. The Morgan fingerprint density at radius 2 is 1.86 bits per heavy atom. The standard InChI is InChI=1S/C22H21N3O4/c26-22-3-1-2-20-17-10-15(12-24(20)22)11-23(13-17)14-19-8-9-21(29-19)16-4-6-18(7-5-16)25(27)28/h1-9,15,17H,10-14H2/t15-,17+/m0/s1. The van der Waals surface area contributed by atoms with Crippen LogP contribution < -0.4 is 5.56 Å². The highest BCUT2D eigenvalue weighted by Crippen LogP contribution is 2.35. The van der Waals surface area contributed by atoms with Crippen molar-refractivity contribution in [2.45, 2.75) is 25.4 Å². The SMILES string of the molecule is O=c1cccc2n1C[C@H]1C[C@@H]2CN(Cc2ccc(-c3ccc([N+](=O)[O-])cc3)o2)C1. The monoisotopic (exact) mass is 391 g/mol. The summed E-state index contributed by atoms with van der Waals surface area (Å²) in [6, 6.07) is 15.9. The van der Waals surface area contributed by atoms with Gasteiger partial charge in [-0.2, -0.15) is 0 Å². The number of non-ortho nitro benzene ring substituents is 1. The van der Waals surface area contributed by atoms with E-state index in [1.165, 1.54) is 12.1 Å². The highest BCUT2D eigenvalue weighted by atomic mass is 16.6. The molecule has 2 aliphatic heterocycles. The molecule has 0 N–H and O–H groups in total. The van der Waals surface area contributed by atoms with Gasteiger partial charge in [0.05, 0.1) is 11.5 Å². The van der Waals surface area contributed by atoms with Crippen LogP contribution in [0.25, 0.3) is 11.3 Å². The number of likely N-dealkylation sites (tertiary alicyclic amines) is 1. The molecule has 5 rings (SSSR count). The van der Waals surface area contributed by atoms with Crippen molar-refractivity contribution >= 4 is 5.69 Å². The van der Waals surface area contributed by atoms with Crippen LogP contribution in [0, 0.1) is 16.0 Å². The molecule has 7 nitrogen and oxygen atoms in total. The third kappa shape index (κ3) is 3.38. The molecule has 7 heteroatoms. The van der Waals surface area contributed by atoms with Crippen LogP contribution in [0.4, 0.5) is 5.69 Å². The Bertz CT molecular complexity index is 1120. The summed E-state index contributed by atoms with van der Waals surface area (Å²) in [5, 5.41) is 10.8. The molecule has 0 spiro atoms. The van der Waals surface area contributed by atoms with Gasteiger partial charge in [-0.15, -0.1) is 0 Å². The predicted molar refractivity (Wildman–Crippen MR) is 108 cm³/mol. The number of hydrogen-bond donors (Lipinski definition) is 0. The van der Waals surface area contributed by atoms with Crippen molar-refractivity contribution < 1.29 is 9.34 Å². The van der Waals surface area contributed by atoms with Crippen molar-refractivity contribution in [1.82, 2.24) is 9.47 Å². The Balaban J connectivity index is 1.31. The molecule has 0 amide bonds. The maximum absolute atomic E-state index is 12.2. The highest BCUT2D eigenvalue weighted by Gasteiger charge is 2.34. The number of fused-ring (bicyclic) bond motifs is 4. The normalized spacial score (nSPS) is 21.0. The lowest BCUT2D eigenvalue weighted by atomic mass is 9.83. The van der Waals surface area contributed by atoms with E-state index in [-0.39, 0.29) is 11.2 Å². The number of rotatable bonds is 4. The Morgan fingerprint density at radius 1 is 1.03 bits per heavy atom. The Kier molecular flexibility index (Phi) is 4.32. The smallest absolute Gasteiger partial charge is 0.269 e. The van der Waals surface area contributed by atoms with Gasteiger partial charge in [-0.1, -0.05) is 6.07 Å². The summed E-state index contributed by atoms with van der Waals surface area (Å²) in [5.41, 5.74) is 2.14. The van der Waals surface area contributed by atoms with Crippen LogP contribution in [-0.2, 0) is 13.1 Å². The minimum Gasteiger partial charge on any atom is -0.460 e. The number of furan rings is 1. The van der Waals surface area contributed by atoms with Gasteiger partial charge in [-0.05, 0) is 42.7 Å². The molecule has 0 unspecified atom stereocenters. The number of hydrogen-bond acceptors (Lipinski definition) is 5. The third-order valence-electron chi connectivity index (χ3n) is 5.96. The van der Waals surface area contributed by atoms with Gasteiger partial charge in [-0.25, -0.2) is 0 Å². The van der Waals surface area contributed by atoms with Gasteiger partial charge in [0.2, 0.25) is 0 Å². The molecular weight excluding hydrogens is 370 g/mol. The Hall–Kier alpha value is -3.19. The number of nitro benzene ring substituents is 1. The molecule has 4 heterocycles. The molecule has 2 aromatic heterocycles. The van der Waals surface area contributed by atoms with Crippen LogP contribution in [0.5, 0.6) is 0 Å². The molecule has 148 valence electrons. The van der Waals surface area contributed by atoms with Gasteiger partial charge in [0.1, 0.15) is 11.5 Å². The number of aromatic nitrogens is 1. The second-order valence-corrected chi connectivity index (χ2v) is 7.96. The van der Waals surface area contributed by atoms with Crippen molar-refractivity contribution in [1.29, 1.82) is 0 Å². The zero-order chi connectivity index (χ0) is 20.0. The van der Waals surface area contributed by atoms with E-state index in [1.54, 1.807) is 18.2 Å². The average molecular weight is 391 g/mol. The van der Waals surface area contributed by atoms with Gasteiger partial charge in [0.15, 0.2) is 0 Å². The fourth-order valence-corrected chi connectivity index (χ4v) is 4.71. The Morgan fingerprint density at radius 3 is 2.66 bits per heavy atom. The zero-order valence-corrected chi connectivity index (χ0v) is 15.9. The number of nitrogens with zero attached hydrogens (tertiary/aromatic N) is 3. The van der Waals surface area contributed by atoms with Crippen molar-refractivity contribution in [2.75, 3.05) is 13.1 Å². The lowest BCUT2D eigenvalue weighted by molar-refractivity contribution is -0.384. The molecule has 29 heavy (non-hydrogen) atoms. The molecule has 2 aliphatic rings. The van der Waals surface area contributed by atoms with Gasteiger partial charge >= 0.3 is 0 Å². The van der Waals surface area contributed by atoms with Crippen molar-refractivity contribution in [2.24, 2.45) is 5.92 Å². The number of piperidine rings is 1. The van der Waals surface area contributed by atoms with E-state index in [2.05, 4.69) is 11.0 Å².